The van der Waals surface area contributed by atoms with Crippen molar-refractivity contribution in [3.8, 4) is 0 Å². The normalized spacial score (nSPS) is 24.1. The molecule has 6 fully saturated rings. The molecule has 0 bridgehead atoms. The maximum absolute atomic E-state index is 5.96. The SMILES string of the molecule is C1CCC([PH+](C2CCCCC2)C2CCCCC2)CC1.C1CCC([PH+](C2CCCCC2)C2CCCCC2)CC1.C[Si](C)(C)C(=[C]=[Os]([Cl])[Cl])c1ccccc1. The Morgan fingerprint density at radius 3 is 0.906 bits per heavy atom. The zero-order chi connectivity index (χ0) is 37.3. The van der Waals surface area contributed by atoms with Gasteiger partial charge in [-0.05, 0) is 154 Å². The van der Waals surface area contributed by atoms with Crippen LogP contribution < -0.4 is 0 Å². The van der Waals surface area contributed by atoms with E-state index in [1.807, 2.05) is 18.2 Å². The molecule has 1 aromatic carbocycles. The molecule has 0 N–H and O–H groups in total. The average molecular weight is 998 g/mol. The van der Waals surface area contributed by atoms with Crippen molar-refractivity contribution in [2.45, 2.75) is 246 Å². The molecule has 6 saturated carbocycles. The number of hydrogen-bond donors (Lipinski definition) is 0. The van der Waals surface area contributed by atoms with Crippen molar-refractivity contribution >= 4 is 52.6 Å². The first-order valence-corrected chi connectivity index (χ1v) is 37.8. The van der Waals surface area contributed by atoms with Gasteiger partial charge in [0.05, 0.1) is 34.0 Å². The Morgan fingerprint density at radius 2 is 0.698 bits per heavy atom. The van der Waals surface area contributed by atoms with Gasteiger partial charge in [-0.2, -0.15) is 0 Å². The Labute approximate surface area is 346 Å². The van der Waals surface area contributed by atoms with Gasteiger partial charge in [0.1, 0.15) is 0 Å². The van der Waals surface area contributed by atoms with E-state index in [-0.39, 0.29) is 15.8 Å². The molecule has 0 heterocycles. The van der Waals surface area contributed by atoms with Crippen molar-refractivity contribution in [2.24, 2.45) is 0 Å². The molecular formula is C47H82Cl2OsP2Si+2. The van der Waals surface area contributed by atoms with Crippen LogP contribution in [-0.4, -0.2) is 46.3 Å². The minimum absolute atomic E-state index is 0.0465. The molecule has 6 heteroatoms. The molecule has 0 nitrogen and oxygen atoms in total. The fourth-order valence-electron chi connectivity index (χ4n) is 11.9. The molecule has 304 valence electrons. The van der Waals surface area contributed by atoms with Crippen molar-refractivity contribution in [3.63, 3.8) is 0 Å². The number of hydrogen-bond acceptors (Lipinski definition) is 0. The van der Waals surface area contributed by atoms with Crippen LogP contribution in [0.2, 0.25) is 19.6 Å². The van der Waals surface area contributed by atoms with Crippen molar-refractivity contribution in [1.29, 1.82) is 0 Å². The molecular weight excluding hydrogens is 916 g/mol. The summed E-state index contributed by atoms with van der Waals surface area (Å²) in [5.41, 5.74) is 8.59. The molecule has 6 aliphatic rings. The average Bonchev–Trinajstić information content (AvgIpc) is 3.20. The first kappa shape index (κ1) is 45.3. The molecule has 0 radical (unpaired) electrons. The van der Waals surface area contributed by atoms with E-state index in [4.69, 9.17) is 19.3 Å². The molecule has 0 aliphatic heterocycles. The second-order valence-corrected chi connectivity index (χ2v) is 38.6. The number of rotatable bonds is 8. The van der Waals surface area contributed by atoms with Crippen molar-refractivity contribution in [3.05, 3.63) is 35.9 Å². The molecule has 7 rings (SSSR count). The third kappa shape index (κ3) is 15.4. The van der Waals surface area contributed by atoms with Gasteiger partial charge in [-0.1, -0.05) is 38.5 Å². The van der Waals surface area contributed by atoms with Crippen LogP contribution in [-0.2, 0) is 13.8 Å². The number of halogens is 2. The summed E-state index contributed by atoms with van der Waals surface area (Å²) in [6.45, 7) is 6.87. The topological polar surface area (TPSA) is 0 Å². The van der Waals surface area contributed by atoms with Gasteiger partial charge in [-0.15, -0.1) is 0 Å². The quantitative estimate of drug-likeness (QED) is 0.180. The van der Waals surface area contributed by atoms with Gasteiger partial charge in [0.2, 0.25) is 0 Å². The fraction of sp³-hybridized carbons (Fsp3) is 0.830. The van der Waals surface area contributed by atoms with Gasteiger partial charge in [0, 0.05) is 15.8 Å². The first-order valence-electron chi connectivity index (χ1n) is 23.2. The van der Waals surface area contributed by atoms with Crippen molar-refractivity contribution < 1.29 is 13.8 Å². The summed E-state index contributed by atoms with van der Waals surface area (Å²) in [5, 5.41) is 1.27. The third-order valence-corrected chi connectivity index (χ3v) is 28.3. The molecule has 0 saturated heterocycles. The van der Waals surface area contributed by atoms with Crippen LogP contribution in [0.1, 0.15) is 198 Å². The van der Waals surface area contributed by atoms with E-state index < -0.39 is 21.8 Å². The van der Waals surface area contributed by atoms with Crippen LogP contribution >= 0.6 is 35.1 Å². The summed E-state index contributed by atoms with van der Waals surface area (Å²) in [6, 6.07) is 10.3. The van der Waals surface area contributed by atoms with Gasteiger partial charge in [0.25, 0.3) is 0 Å². The van der Waals surface area contributed by atoms with E-state index in [1.165, 1.54) is 44.7 Å². The van der Waals surface area contributed by atoms with E-state index in [0.717, 1.165) is 0 Å². The van der Waals surface area contributed by atoms with Crippen LogP contribution in [0.5, 0.6) is 0 Å². The molecule has 0 aromatic heterocycles. The zero-order valence-corrected chi connectivity index (χ0v) is 41.7. The Balaban J connectivity index is 0.000000155. The Kier molecular flexibility index (Phi) is 21.3. The van der Waals surface area contributed by atoms with E-state index >= 15 is 0 Å². The van der Waals surface area contributed by atoms with Gasteiger partial charge >= 0.3 is 106 Å². The van der Waals surface area contributed by atoms with Crippen LogP contribution in [0.4, 0.5) is 0 Å². The predicted octanol–water partition coefficient (Wildman–Crippen LogP) is 16.7. The van der Waals surface area contributed by atoms with Gasteiger partial charge in [-0.25, -0.2) is 0 Å². The first-order chi connectivity index (χ1) is 25.8. The zero-order valence-electron chi connectivity index (χ0n) is 34.7. The van der Waals surface area contributed by atoms with Gasteiger partial charge in [0.15, 0.2) is 0 Å². The maximum atomic E-state index is 5.96. The summed E-state index contributed by atoms with van der Waals surface area (Å²) in [7, 11) is 10.4. The summed E-state index contributed by atoms with van der Waals surface area (Å²) < 4.78 is 3.32. The van der Waals surface area contributed by atoms with Crippen LogP contribution in [0, 0.1) is 0 Å². The monoisotopic (exact) mass is 998 g/mol. The third-order valence-electron chi connectivity index (χ3n) is 14.4. The minimum atomic E-state index is -2.14. The molecule has 6 aliphatic carbocycles. The number of benzene rings is 1. The molecule has 0 amide bonds. The molecule has 0 atom stereocenters. The van der Waals surface area contributed by atoms with Crippen molar-refractivity contribution in [2.75, 3.05) is 0 Å². The molecule has 1 aromatic rings. The standard InChI is InChI=1S/2C18H33P.C11H14Si.2ClH.Os/c2*1-4-10-16(11-5-1)19(17-12-6-2-7-13-17)18-14-8-3-9-15-18;1-10(12(2,3)4)11-8-6-5-7-9-11;;;/h2*16-18H,1-15H2;5-9H,2-4H3;2*1H;/q;;;;;+2. The Hall–Kier alpha value is 1.16. The van der Waals surface area contributed by atoms with Gasteiger partial charge in [-0.3, -0.25) is 0 Å². The second kappa shape index (κ2) is 24.9. The summed E-state index contributed by atoms with van der Waals surface area (Å²) >= 11 is -2.14. The summed E-state index contributed by atoms with van der Waals surface area (Å²) in [5.74, 6) is 0. The van der Waals surface area contributed by atoms with E-state index in [9.17, 15) is 0 Å². The second-order valence-electron chi connectivity index (χ2n) is 19.3. The molecule has 0 unspecified atom stereocenters. The summed E-state index contributed by atoms with van der Waals surface area (Å²) in [4.78, 5) is 0. The summed E-state index contributed by atoms with van der Waals surface area (Å²) in [6.07, 6.45) is 47.6. The predicted molar refractivity (Wildman–Crippen MR) is 248 cm³/mol. The van der Waals surface area contributed by atoms with E-state index in [0.29, 0.717) is 0 Å². The van der Waals surface area contributed by atoms with Crippen LogP contribution in [0.15, 0.2) is 30.3 Å². The van der Waals surface area contributed by atoms with Gasteiger partial charge < -0.3 is 0 Å². The molecule has 0 spiro atoms. The Morgan fingerprint density at radius 1 is 0.453 bits per heavy atom. The molecule has 53 heavy (non-hydrogen) atoms. The van der Waals surface area contributed by atoms with Crippen LogP contribution in [0.25, 0.3) is 5.20 Å². The van der Waals surface area contributed by atoms with E-state index in [1.54, 1.807) is 193 Å². The fourth-order valence-corrected chi connectivity index (χ4v) is 30.1. The van der Waals surface area contributed by atoms with Crippen LogP contribution in [0.3, 0.4) is 0 Å². The Bertz CT molecular complexity index is 1050. The van der Waals surface area contributed by atoms with Crippen molar-refractivity contribution in [1.82, 2.24) is 0 Å². The van der Waals surface area contributed by atoms with E-state index in [2.05, 4.69) is 36.0 Å².